The van der Waals surface area contributed by atoms with Crippen molar-refractivity contribution >= 4 is 0 Å². The van der Waals surface area contributed by atoms with Crippen molar-refractivity contribution in [2.24, 2.45) is 11.8 Å². The summed E-state index contributed by atoms with van der Waals surface area (Å²) in [7, 11) is 0. The number of hydrogen-bond acceptors (Lipinski definition) is 3. The second-order valence-electron chi connectivity index (χ2n) is 3.74. The van der Waals surface area contributed by atoms with E-state index in [-0.39, 0.29) is 5.92 Å². The summed E-state index contributed by atoms with van der Waals surface area (Å²) in [6.45, 7) is 2.06. The molecule has 0 bridgehead atoms. The third-order valence-corrected chi connectivity index (χ3v) is 2.91. The maximum atomic E-state index is 8.98. The van der Waals surface area contributed by atoms with Crippen molar-refractivity contribution in [3.8, 4) is 0 Å². The highest BCUT2D eigenvalue weighted by Crippen LogP contribution is 2.43. The molecule has 2 N–H and O–H groups in total. The Hall–Kier alpha value is -0.120. The zero-order valence-electron chi connectivity index (χ0n) is 6.60. The number of aliphatic hydroxyl groups excluding tert-OH is 1. The van der Waals surface area contributed by atoms with Gasteiger partial charge in [-0.3, -0.25) is 0 Å². The lowest BCUT2D eigenvalue weighted by atomic mass is 9.80. The van der Waals surface area contributed by atoms with Crippen molar-refractivity contribution in [1.29, 1.82) is 0 Å². The van der Waals surface area contributed by atoms with Crippen molar-refractivity contribution in [3.05, 3.63) is 0 Å². The molecule has 1 saturated carbocycles. The van der Waals surface area contributed by atoms with Gasteiger partial charge < -0.3 is 14.9 Å². The first-order chi connectivity index (χ1) is 5.18. The molecule has 1 saturated heterocycles. The van der Waals surface area contributed by atoms with Crippen molar-refractivity contribution in [3.63, 3.8) is 0 Å². The summed E-state index contributed by atoms with van der Waals surface area (Å²) in [6, 6.07) is 0. The molecular weight excluding hydrogens is 144 g/mol. The number of ether oxygens (including phenoxy) is 1. The van der Waals surface area contributed by atoms with E-state index in [0.717, 1.165) is 12.8 Å². The van der Waals surface area contributed by atoms with Gasteiger partial charge >= 0.3 is 0 Å². The van der Waals surface area contributed by atoms with Gasteiger partial charge in [0.15, 0.2) is 6.29 Å². The highest BCUT2D eigenvalue weighted by molar-refractivity contribution is 4.95. The normalized spacial score (nSPS) is 49.1. The Kier molecular flexibility index (Phi) is 1.67. The molecule has 2 fully saturated rings. The van der Waals surface area contributed by atoms with Crippen LogP contribution in [-0.4, -0.2) is 28.7 Å². The minimum absolute atomic E-state index is 0.0266. The summed E-state index contributed by atoms with van der Waals surface area (Å²) >= 11 is 0. The molecule has 11 heavy (non-hydrogen) atoms. The van der Waals surface area contributed by atoms with Crippen LogP contribution in [0.4, 0.5) is 0 Å². The Bertz CT molecular complexity index is 157. The largest absolute Gasteiger partial charge is 0.370 e. The Morgan fingerprint density at radius 3 is 2.55 bits per heavy atom. The van der Waals surface area contributed by atoms with Crippen LogP contribution < -0.4 is 0 Å². The van der Waals surface area contributed by atoms with Crippen LogP contribution in [0.3, 0.4) is 0 Å². The maximum absolute atomic E-state index is 8.98. The van der Waals surface area contributed by atoms with E-state index >= 15 is 0 Å². The summed E-state index contributed by atoms with van der Waals surface area (Å²) in [5.74, 6) is 0.414. The predicted octanol–water partition coefficient (Wildman–Crippen LogP) is 0.111. The van der Waals surface area contributed by atoms with Gasteiger partial charge in [-0.25, -0.2) is 0 Å². The Labute approximate surface area is 66.0 Å². The second-order valence-corrected chi connectivity index (χ2v) is 3.74. The summed E-state index contributed by atoms with van der Waals surface area (Å²) < 4.78 is 5.31. The van der Waals surface area contributed by atoms with Crippen LogP contribution in [0.2, 0.25) is 0 Å². The number of epoxide rings is 1. The van der Waals surface area contributed by atoms with Gasteiger partial charge in [0, 0.05) is 5.92 Å². The molecule has 4 unspecified atom stereocenters. The molecule has 0 amide bonds. The van der Waals surface area contributed by atoms with Crippen LogP contribution in [-0.2, 0) is 4.74 Å². The van der Waals surface area contributed by atoms with Crippen LogP contribution in [0.15, 0.2) is 0 Å². The second kappa shape index (κ2) is 2.44. The predicted molar refractivity (Wildman–Crippen MR) is 38.8 cm³/mol. The first-order valence-corrected chi connectivity index (χ1v) is 4.20. The molecule has 64 valence electrons. The molecule has 2 rings (SSSR count). The van der Waals surface area contributed by atoms with Crippen LogP contribution in [0.5, 0.6) is 0 Å². The third-order valence-electron chi connectivity index (χ3n) is 2.91. The first kappa shape index (κ1) is 7.53. The summed E-state index contributed by atoms with van der Waals surface area (Å²) in [5, 5.41) is 18.0. The zero-order valence-corrected chi connectivity index (χ0v) is 6.60. The first-order valence-electron chi connectivity index (χ1n) is 4.20. The lowest BCUT2D eigenvalue weighted by Gasteiger charge is -2.27. The fourth-order valence-electron chi connectivity index (χ4n) is 2.05. The zero-order chi connectivity index (χ0) is 8.01. The van der Waals surface area contributed by atoms with E-state index in [1.54, 1.807) is 0 Å². The van der Waals surface area contributed by atoms with Gasteiger partial charge in [-0.1, -0.05) is 6.92 Å². The minimum Gasteiger partial charge on any atom is -0.370 e. The van der Waals surface area contributed by atoms with Crippen molar-refractivity contribution < 1.29 is 14.9 Å². The van der Waals surface area contributed by atoms with Gasteiger partial charge in [-0.05, 0) is 18.8 Å². The van der Waals surface area contributed by atoms with Gasteiger partial charge in [0.05, 0.1) is 12.2 Å². The van der Waals surface area contributed by atoms with Crippen LogP contribution in [0, 0.1) is 11.8 Å². The van der Waals surface area contributed by atoms with Crippen molar-refractivity contribution in [1.82, 2.24) is 0 Å². The molecule has 2 aliphatic rings. The fourth-order valence-corrected chi connectivity index (χ4v) is 2.05. The summed E-state index contributed by atoms with van der Waals surface area (Å²) in [4.78, 5) is 0. The molecule has 1 aliphatic heterocycles. The highest BCUT2D eigenvalue weighted by Gasteiger charge is 2.48. The summed E-state index contributed by atoms with van der Waals surface area (Å²) in [6.07, 6.45) is 1.42. The van der Waals surface area contributed by atoms with Gasteiger partial charge in [-0.15, -0.1) is 0 Å². The van der Waals surface area contributed by atoms with E-state index in [2.05, 4.69) is 6.92 Å². The molecule has 0 radical (unpaired) electrons. The Morgan fingerprint density at radius 2 is 1.91 bits per heavy atom. The molecule has 0 aromatic heterocycles. The van der Waals surface area contributed by atoms with E-state index in [1.165, 1.54) is 0 Å². The van der Waals surface area contributed by atoms with Crippen LogP contribution in [0.25, 0.3) is 0 Å². The van der Waals surface area contributed by atoms with E-state index in [0.29, 0.717) is 18.1 Å². The monoisotopic (exact) mass is 158 g/mol. The van der Waals surface area contributed by atoms with Gasteiger partial charge in [0.1, 0.15) is 0 Å². The number of aliphatic hydroxyl groups is 2. The number of fused-ring (bicyclic) bond motifs is 1. The molecule has 3 nitrogen and oxygen atoms in total. The SMILES string of the molecule is CC1CC2OC2CC1C(O)O. The highest BCUT2D eigenvalue weighted by atomic mass is 16.6. The smallest absolute Gasteiger partial charge is 0.154 e. The number of hydrogen-bond donors (Lipinski definition) is 2. The minimum atomic E-state index is -1.16. The van der Waals surface area contributed by atoms with E-state index in [9.17, 15) is 0 Å². The standard InChI is InChI=1S/C8H14O3/c1-4-2-6-7(11-6)3-5(4)8(9)10/h4-10H,2-3H2,1H3. The van der Waals surface area contributed by atoms with Gasteiger partial charge in [0.25, 0.3) is 0 Å². The lowest BCUT2D eigenvalue weighted by molar-refractivity contribution is -0.105. The van der Waals surface area contributed by atoms with E-state index in [1.807, 2.05) is 0 Å². The molecular formula is C8H14O3. The molecule has 0 spiro atoms. The fraction of sp³-hybridized carbons (Fsp3) is 1.00. The Morgan fingerprint density at radius 1 is 1.27 bits per heavy atom. The summed E-state index contributed by atoms with van der Waals surface area (Å²) in [5.41, 5.74) is 0. The van der Waals surface area contributed by atoms with E-state index < -0.39 is 6.29 Å². The lowest BCUT2D eigenvalue weighted by Crippen LogP contribution is -2.31. The Balaban J connectivity index is 1.97. The maximum Gasteiger partial charge on any atom is 0.154 e. The van der Waals surface area contributed by atoms with Gasteiger partial charge in [0.2, 0.25) is 0 Å². The molecule has 4 atom stereocenters. The topological polar surface area (TPSA) is 53.0 Å². The van der Waals surface area contributed by atoms with Crippen LogP contribution >= 0.6 is 0 Å². The number of rotatable bonds is 1. The van der Waals surface area contributed by atoms with Crippen LogP contribution in [0.1, 0.15) is 19.8 Å². The third kappa shape index (κ3) is 1.28. The van der Waals surface area contributed by atoms with Gasteiger partial charge in [-0.2, -0.15) is 0 Å². The molecule has 0 aromatic rings. The molecule has 1 heterocycles. The average Bonchev–Trinajstić information content (AvgIpc) is 2.63. The van der Waals surface area contributed by atoms with Crippen molar-refractivity contribution in [2.45, 2.75) is 38.3 Å². The van der Waals surface area contributed by atoms with Crippen molar-refractivity contribution in [2.75, 3.05) is 0 Å². The van der Waals surface area contributed by atoms with E-state index in [4.69, 9.17) is 14.9 Å². The average molecular weight is 158 g/mol. The molecule has 0 aromatic carbocycles. The quantitative estimate of drug-likeness (QED) is 0.420. The molecule has 1 aliphatic carbocycles. The molecule has 3 heteroatoms.